The molecule has 1 heterocycles. The topological polar surface area (TPSA) is 61.6 Å². The van der Waals surface area contributed by atoms with Crippen LogP contribution in [-0.4, -0.2) is 68.1 Å². The zero-order valence-electron chi connectivity index (χ0n) is 13.3. The summed E-state index contributed by atoms with van der Waals surface area (Å²) in [5.74, 6) is 1.47. The number of amides is 1. The summed E-state index contributed by atoms with van der Waals surface area (Å²) in [5.41, 5.74) is 6.23. The van der Waals surface area contributed by atoms with Crippen molar-refractivity contribution in [2.24, 2.45) is 23.5 Å². The normalized spacial score (nSPS) is 37.0. The second kappa shape index (κ2) is 6.63. The van der Waals surface area contributed by atoms with Gasteiger partial charge in [-0.1, -0.05) is 0 Å². The zero-order valence-corrected chi connectivity index (χ0v) is 13.3. The first-order valence-electron chi connectivity index (χ1n) is 8.59. The van der Waals surface area contributed by atoms with E-state index in [1.807, 2.05) is 0 Å². The molecule has 3 fully saturated rings. The van der Waals surface area contributed by atoms with E-state index in [0.717, 1.165) is 45.7 Å². The number of rotatable bonds is 5. The molecule has 5 nitrogen and oxygen atoms in total. The summed E-state index contributed by atoms with van der Waals surface area (Å²) >= 11 is 0. The van der Waals surface area contributed by atoms with Gasteiger partial charge in [0, 0.05) is 38.8 Å². The van der Waals surface area contributed by atoms with Gasteiger partial charge in [0.05, 0.1) is 5.92 Å². The predicted molar refractivity (Wildman–Crippen MR) is 83.9 cm³/mol. The van der Waals surface area contributed by atoms with Crippen LogP contribution >= 0.6 is 0 Å². The van der Waals surface area contributed by atoms with E-state index < -0.39 is 0 Å². The lowest BCUT2D eigenvalue weighted by Crippen LogP contribution is -2.47. The van der Waals surface area contributed by atoms with Crippen molar-refractivity contribution in [1.29, 1.82) is 0 Å². The highest BCUT2D eigenvalue weighted by atomic mass is 16.1. The first-order chi connectivity index (χ1) is 10.1. The molecule has 1 amide bonds. The molecule has 1 saturated heterocycles. The maximum absolute atomic E-state index is 12.3. The molecule has 3 rings (SSSR count). The molecule has 0 spiro atoms. The van der Waals surface area contributed by atoms with Gasteiger partial charge in [0.15, 0.2) is 0 Å². The molecule has 1 aliphatic heterocycles. The van der Waals surface area contributed by atoms with E-state index in [2.05, 4.69) is 22.2 Å². The Morgan fingerprint density at radius 2 is 1.90 bits per heavy atom. The predicted octanol–water partition coefficient (Wildman–Crippen LogP) is 0.114. The van der Waals surface area contributed by atoms with E-state index in [9.17, 15) is 4.79 Å². The summed E-state index contributed by atoms with van der Waals surface area (Å²) in [6.07, 6.45) is 4.67. The summed E-state index contributed by atoms with van der Waals surface area (Å²) < 4.78 is 0. The summed E-state index contributed by atoms with van der Waals surface area (Å²) in [6, 6.07) is 0.112. The largest absolute Gasteiger partial charge is 0.356 e. The van der Waals surface area contributed by atoms with Crippen LogP contribution in [0.4, 0.5) is 0 Å². The molecule has 3 aliphatic rings. The number of carbonyl (C=O) groups excluding carboxylic acids is 1. The molecule has 120 valence electrons. The molecular formula is C16H30N4O. The van der Waals surface area contributed by atoms with Crippen molar-refractivity contribution in [2.45, 2.75) is 31.7 Å². The second-order valence-electron chi connectivity index (χ2n) is 7.23. The molecule has 21 heavy (non-hydrogen) atoms. The van der Waals surface area contributed by atoms with Crippen LogP contribution < -0.4 is 11.1 Å². The van der Waals surface area contributed by atoms with Crippen LogP contribution in [0.15, 0.2) is 0 Å². The van der Waals surface area contributed by atoms with Crippen LogP contribution in [0.25, 0.3) is 0 Å². The number of hydrogen-bond donors (Lipinski definition) is 2. The summed E-state index contributed by atoms with van der Waals surface area (Å²) in [6.45, 7) is 6.52. The van der Waals surface area contributed by atoms with Crippen molar-refractivity contribution in [1.82, 2.24) is 15.1 Å². The van der Waals surface area contributed by atoms with Gasteiger partial charge < -0.3 is 20.9 Å². The average molecular weight is 294 g/mol. The van der Waals surface area contributed by atoms with Crippen molar-refractivity contribution >= 4 is 5.91 Å². The molecule has 3 N–H and O–H groups in total. The van der Waals surface area contributed by atoms with Crippen LogP contribution in [0.1, 0.15) is 25.7 Å². The molecule has 5 heteroatoms. The highest BCUT2D eigenvalue weighted by molar-refractivity contribution is 5.80. The maximum atomic E-state index is 12.3. The Labute approximate surface area is 128 Å². The number of fused-ring (bicyclic) bond motifs is 2. The molecule has 2 bridgehead atoms. The van der Waals surface area contributed by atoms with E-state index >= 15 is 0 Å². The Morgan fingerprint density at radius 1 is 1.19 bits per heavy atom. The quantitative estimate of drug-likeness (QED) is 0.707. The van der Waals surface area contributed by atoms with Gasteiger partial charge in [-0.05, 0) is 51.1 Å². The molecule has 2 aliphatic carbocycles. The number of hydrogen-bond acceptors (Lipinski definition) is 4. The van der Waals surface area contributed by atoms with E-state index in [1.165, 1.54) is 19.3 Å². The minimum absolute atomic E-state index is 0.0902. The summed E-state index contributed by atoms with van der Waals surface area (Å²) in [5, 5.41) is 3.13. The van der Waals surface area contributed by atoms with Crippen molar-refractivity contribution in [3.8, 4) is 0 Å². The average Bonchev–Trinajstić information content (AvgIpc) is 3.06. The third-order valence-electron chi connectivity index (χ3n) is 5.83. The Bertz CT molecular complexity index is 365. The maximum Gasteiger partial charge on any atom is 0.224 e. The van der Waals surface area contributed by atoms with Gasteiger partial charge in [-0.3, -0.25) is 4.79 Å². The number of carbonyl (C=O) groups is 1. The molecule has 0 aromatic rings. The number of nitrogens with zero attached hydrogens (tertiary/aromatic N) is 2. The van der Waals surface area contributed by atoms with Crippen LogP contribution in [-0.2, 0) is 4.79 Å². The lowest BCUT2D eigenvalue weighted by Gasteiger charge is -2.32. The van der Waals surface area contributed by atoms with Gasteiger partial charge in [-0.25, -0.2) is 0 Å². The minimum Gasteiger partial charge on any atom is -0.356 e. The van der Waals surface area contributed by atoms with Gasteiger partial charge in [0.25, 0.3) is 0 Å². The Balaban J connectivity index is 1.33. The van der Waals surface area contributed by atoms with Crippen LogP contribution in [0.2, 0.25) is 0 Å². The molecule has 4 unspecified atom stereocenters. The van der Waals surface area contributed by atoms with Gasteiger partial charge in [-0.15, -0.1) is 0 Å². The van der Waals surface area contributed by atoms with Crippen LogP contribution in [0.5, 0.6) is 0 Å². The van der Waals surface area contributed by atoms with E-state index in [1.54, 1.807) is 0 Å². The number of nitrogens with one attached hydrogen (secondary N) is 1. The van der Waals surface area contributed by atoms with Crippen molar-refractivity contribution in [2.75, 3.05) is 46.3 Å². The molecule has 0 aromatic carbocycles. The lowest BCUT2D eigenvalue weighted by molar-refractivity contribution is -0.127. The summed E-state index contributed by atoms with van der Waals surface area (Å²) in [7, 11) is 2.18. The third-order valence-corrected chi connectivity index (χ3v) is 5.83. The molecule has 0 aromatic heterocycles. The Kier molecular flexibility index (Phi) is 4.82. The Morgan fingerprint density at radius 3 is 2.57 bits per heavy atom. The van der Waals surface area contributed by atoms with Gasteiger partial charge >= 0.3 is 0 Å². The fourth-order valence-corrected chi connectivity index (χ4v) is 4.43. The van der Waals surface area contributed by atoms with E-state index in [0.29, 0.717) is 11.8 Å². The zero-order chi connectivity index (χ0) is 14.8. The number of nitrogens with two attached hydrogens (primary N) is 1. The minimum atomic E-state index is 0.0902. The first kappa shape index (κ1) is 15.3. The SMILES string of the molecule is CN1CCN(CCCNC(=O)C2C3CCC(C3)C2N)CC1. The smallest absolute Gasteiger partial charge is 0.224 e. The third kappa shape index (κ3) is 3.41. The van der Waals surface area contributed by atoms with E-state index in [4.69, 9.17) is 5.73 Å². The fourth-order valence-electron chi connectivity index (χ4n) is 4.43. The van der Waals surface area contributed by atoms with Crippen molar-refractivity contribution in [3.05, 3.63) is 0 Å². The lowest BCUT2D eigenvalue weighted by atomic mass is 9.84. The molecule has 4 atom stereocenters. The van der Waals surface area contributed by atoms with Gasteiger partial charge in [0.2, 0.25) is 5.91 Å². The monoisotopic (exact) mass is 294 g/mol. The van der Waals surface area contributed by atoms with Gasteiger partial charge in [-0.2, -0.15) is 0 Å². The summed E-state index contributed by atoms with van der Waals surface area (Å²) in [4.78, 5) is 17.2. The van der Waals surface area contributed by atoms with Crippen LogP contribution in [0.3, 0.4) is 0 Å². The number of piperazine rings is 1. The van der Waals surface area contributed by atoms with Crippen LogP contribution in [0, 0.1) is 17.8 Å². The Hall–Kier alpha value is -0.650. The van der Waals surface area contributed by atoms with Crippen molar-refractivity contribution < 1.29 is 4.79 Å². The number of likely N-dealkylation sites (N-methyl/N-ethyl adjacent to an activating group) is 1. The highest BCUT2D eigenvalue weighted by Gasteiger charge is 2.48. The second-order valence-corrected chi connectivity index (χ2v) is 7.23. The van der Waals surface area contributed by atoms with E-state index in [-0.39, 0.29) is 17.9 Å². The van der Waals surface area contributed by atoms with Gasteiger partial charge in [0.1, 0.15) is 0 Å². The molecule has 2 saturated carbocycles. The highest BCUT2D eigenvalue weighted by Crippen LogP contribution is 2.47. The van der Waals surface area contributed by atoms with Crippen molar-refractivity contribution in [3.63, 3.8) is 0 Å². The first-order valence-corrected chi connectivity index (χ1v) is 8.59. The molecule has 0 radical (unpaired) electrons. The molecular weight excluding hydrogens is 264 g/mol. The fraction of sp³-hybridized carbons (Fsp3) is 0.938. The standard InChI is InChI=1S/C16H30N4O/c1-19-7-9-20(10-8-19)6-2-5-18-16(21)14-12-3-4-13(11-12)15(14)17/h12-15H,2-11,17H2,1H3,(H,18,21).